The highest BCUT2D eigenvalue weighted by molar-refractivity contribution is 5.28. The molecule has 0 amide bonds. The van der Waals surface area contributed by atoms with E-state index in [1.54, 1.807) is 12.1 Å². The molecule has 0 saturated heterocycles. The zero-order valence-corrected chi connectivity index (χ0v) is 15.0. The second kappa shape index (κ2) is 8.02. The van der Waals surface area contributed by atoms with Crippen molar-refractivity contribution >= 4 is 0 Å². The maximum atomic E-state index is 8.87. The van der Waals surface area contributed by atoms with Crippen LogP contribution in [0.2, 0.25) is 0 Å². The zero-order chi connectivity index (χ0) is 18.5. The molecule has 1 aromatic carbocycles. The van der Waals surface area contributed by atoms with Crippen molar-refractivity contribution < 1.29 is 4.74 Å². The van der Waals surface area contributed by atoms with Crippen LogP contribution in [0.1, 0.15) is 16.8 Å². The average Bonchev–Trinajstić information content (AvgIpc) is 3.06. The first-order chi connectivity index (χ1) is 13.3. The minimum absolute atomic E-state index is 0.321. The number of aromatic nitrogens is 3. The fraction of sp³-hybridized carbons (Fsp3) is 0.286. The van der Waals surface area contributed by atoms with Crippen molar-refractivity contribution in [2.24, 2.45) is 5.92 Å². The molecule has 3 aromatic rings. The topological polar surface area (TPSA) is 67.0 Å². The van der Waals surface area contributed by atoms with Gasteiger partial charge in [-0.05, 0) is 11.6 Å². The van der Waals surface area contributed by atoms with Crippen molar-refractivity contribution in [1.82, 2.24) is 19.4 Å². The van der Waals surface area contributed by atoms with Gasteiger partial charge in [0.2, 0.25) is 5.88 Å². The Morgan fingerprint density at radius 2 is 2.00 bits per heavy atom. The third-order valence-corrected chi connectivity index (χ3v) is 4.74. The summed E-state index contributed by atoms with van der Waals surface area (Å²) in [7, 11) is 0. The first-order valence-corrected chi connectivity index (χ1v) is 9.04. The number of rotatable bonds is 5. The van der Waals surface area contributed by atoms with Crippen LogP contribution in [0.25, 0.3) is 0 Å². The molecule has 6 heteroatoms. The third kappa shape index (κ3) is 4.33. The van der Waals surface area contributed by atoms with Crippen LogP contribution in [0.4, 0.5) is 0 Å². The van der Waals surface area contributed by atoms with Crippen molar-refractivity contribution in [3.8, 4) is 11.9 Å². The molecule has 4 rings (SSSR count). The fourth-order valence-electron chi connectivity index (χ4n) is 3.44. The molecule has 0 unspecified atom stereocenters. The Bertz CT molecular complexity index is 914. The Morgan fingerprint density at radius 1 is 1.11 bits per heavy atom. The molecule has 136 valence electrons. The van der Waals surface area contributed by atoms with E-state index >= 15 is 0 Å². The zero-order valence-electron chi connectivity index (χ0n) is 15.0. The maximum Gasteiger partial charge on any atom is 0.213 e. The Balaban J connectivity index is 1.45. The number of nitriles is 1. The van der Waals surface area contributed by atoms with Gasteiger partial charge in [0.05, 0.1) is 24.2 Å². The number of ether oxygens (including phenoxy) is 1. The quantitative estimate of drug-likeness (QED) is 0.701. The van der Waals surface area contributed by atoms with Crippen molar-refractivity contribution in [2.45, 2.75) is 19.6 Å². The van der Waals surface area contributed by atoms with E-state index in [0.29, 0.717) is 24.0 Å². The van der Waals surface area contributed by atoms with E-state index in [-0.39, 0.29) is 0 Å². The second-order valence-corrected chi connectivity index (χ2v) is 6.87. The van der Waals surface area contributed by atoms with Crippen LogP contribution >= 0.6 is 0 Å². The Kier molecular flexibility index (Phi) is 5.13. The number of pyridine rings is 1. The lowest BCUT2D eigenvalue weighted by Crippen LogP contribution is -2.30. The molecular weight excluding hydrogens is 338 g/mol. The molecule has 0 aliphatic carbocycles. The summed E-state index contributed by atoms with van der Waals surface area (Å²) in [6.45, 7) is 4.16. The Morgan fingerprint density at radius 3 is 2.78 bits per heavy atom. The van der Waals surface area contributed by atoms with Gasteiger partial charge < -0.3 is 9.30 Å². The molecule has 27 heavy (non-hydrogen) atoms. The molecule has 1 aliphatic heterocycles. The molecule has 0 fully saturated rings. The van der Waals surface area contributed by atoms with Gasteiger partial charge in [-0.25, -0.2) is 9.97 Å². The van der Waals surface area contributed by atoms with Gasteiger partial charge >= 0.3 is 0 Å². The lowest BCUT2D eigenvalue weighted by atomic mass is 10.1. The molecule has 0 N–H and O–H groups in total. The monoisotopic (exact) mass is 359 g/mol. The highest BCUT2D eigenvalue weighted by Gasteiger charge is 2.22. The van der Waals surface area contributed by atoms with Gasteiger partial charge in [-0.1, -0.05) is 30.3 Å². The number of hydrogen-bond acceptors (Lipinski definition) is 5. The molecule has 0 bridgehead atoms. The van der Waals surface area contributed by atoms with Gasteiger partial charge in [0.1, 0.15) is 6.07 Å². The van der Waals surface area contributed by atoms with E-state index < -0.39 is 0 Å². The predicted molar refractivity (Wildman–Crippen MR) is 101 cm³/mol. The molecule has 3 heterocycles. The number of benzene rings is 1. The van der Waals surface area contributed by atoms with Gasteiger partial charge in [-0.15, -0.1) is 0 Å². The normalized spacial score (nSPS) is 16.9. The number of hydrogen-bond donors (Lipinski definition) is 0. The summed E-state index contributed by atoms with van der Waals surface area (Å²) >= 11 is 0. The fourth-order valence-corrected chi connectivity index (χ4v) is 3.44. The predicted octanol–water partition coefficient (Wildman–Crippen LogP) is 2.86. The number of imidazole rings is 1. The SMILES string of the molecule is N#Cc1ccc(OC[C@H]2CN(Cc3ccccc3)Cc3cncn3C2)nc1. The van der Waals surface area contributed by atoms with Crippen molar-refractivity contribution in [3.63, 3.8) is 0 Å². The summed E-state index contributed by atoms with van der Waals surface area (Å²) in [6.07, 6.45) is 5.38. The molecule has 2 aromatic heterocycles. The molecule has 0 radical (unpaired) electrons. The van der Waals surface area contributed by atoms with Crippen LogP contribution in [-0.4, -0.2) is 32.6 Å². The maximum absolute atomic E-state index is 8.87. The van der Waals surface area contributed by atoms with E-state index in [2.05, 4.69) is 49.8 Å². The van der Waals surface area contributed by atoms with Crippen LogP contribution in [0, 0.1) is 17.2 Å². The van der Waals surface area contributed by atoms with Gasteiger partial charge in [0, 0.05) is 50.6 Å². The summed E-state index contributed by atoms with van der Waals surface area (Å²) in [6, 6.07) is 16.1. The summed E-state index contributed by atoms with van der Waals surface area (Å²) in [5.74, 6) is 0.875. The third-order valence-electron chi connectivity index (χ3n) is 4.74. The van der Waals surface area contributed by atoms with E-state index in [4.69, 9.17) is 10.00 Å². The smallest absolute Gasteiger partial charge is 0.213 e. The van der Waals surface area contributed by atoms with Crippen LogP contribution in [0.3, 0.4) is 0 Å². The standard InChI is InChI=1S/C21H21N5O/c22-8-18-6-7-21(24-9-18)27-15-19-12-25(11-17-4-2-1-3-5-17)14-20-10-23-16-26(20)13-19/h1-7,9-10,16,19H,11-15H2/t19-/m0/s1. The number of nitrogens with zero attached hydrogens (tertiary/aromatic N) is 5. The van der Waals surface area contributed by atoms with Gasteiger partial charge in [0.25, 0.3) is 0 Å². The molecular formula is C21H21N5O. The number of fused-ring (bicyclic) bond motifs is 1. The van der Waals surface area contributed by atoms with Crippen LogP contribution in [0.5, 0.6) is 5.88 Å². The summed E-state index contributed by atoms with van der Waals surface area (Å²) in [5, 5.41) is 8.87. The molecule has 0 spiro atoms. The summed E-state index contributed by atoms with van der Waals surface area (Å²) < 4.78 is 8.12. The van der Waals surface area contributed by atoms with Crippen molar-refractivity contribution in [1.29, 1.82) is 5.26 Å². The Labute approximate surface area is 158 Å². The lowest BCUT2D eigenvalue weighted by molar-refractivity contribution is 0.164. The van der Waals surface area contributed by atoms with Gasteiger partial charge in [-0.2, -0.15) is 5.26 Å². The molecule has 0 saturated carbocycles. The van der Waals surface area contributed by atoms with Crippen molar-refractivity contribution in [3.05, 3.63) is 78.0 Å². The lowest BCUT2D eigenvalue weighted by Gasteiger charge is -2.24. The molecule has 1 aliphatic rings. The highest BCUT2D eigenvalue weighted by atomic mass is 16.5. The first-order valence-electron chi connectivity index (χ1n) is 9.04. The minimum Gasteiger partial charge on any atom is -0.477 e. The first kappa shape index (κ1) is 17.3. The van der Waals surface area contributed by atoms with Gasteiger partial charge in [0.15, 0.2) is 0 Å². The van der Waals surface area contributed by atoms with Gasteiger partial charge in [-0.3, -0.25) is 4.90 Å². The van der Waals surface area contributed by atoms with E-state index in [0.717, 1.165) is 26.2 Å². The van der Waals surface area contributed by atoms with E-state index in [1.807, 2.05) is 18.6 Å². The largest absolute Gasteiger partial charge is 0.477 e. The van der Waals surface area contributed by atoms with Crippen LogP contribution in [0.15, 0.2) is 61.2 Å². The molecule has 6 nitrogen and oxygen atoms in total. The Hall–Kier alpha value is -3.17. The molecule has 1 atom stereocenters. The minimum atomic E-state index is 0.321. The van der Waals surface area contributed by atoms with Crippen molar-refractivity contribution in [2.75, 3.05) is 13.2 Å². The second-order valence-electron chi connectivity index (χ2n) is 6.87. The van der Waals surface area contributed by atoms with E-state index in [9.17, 15) is 0 Å². The highest BCUT2D eigenvalue weighted by Crippen LogP contribution is 2.19. The van der Waals surface area contributed by atoms with Crippen LogP contribution in [-0.2, 0) is 19.6 Å². The van der Waals surface area contributed by atoms with Crippen LogP contribution < -0.4 is 4.74 Å². The van der Waals surface area contributed by atoms with E-state index in [1.165, 1.54) is 17.5 Å². The summed E-state index contributed by atoms with van der Waals surface area (Å²) in [5.41, 5.74) is 3.07. The average molecular weight is 359 g/mol. The summed E-state index contributed by atoms with van der Waals surface area (Å²) in [4.78, 5) is 11.0.